The van der Waals surface area contributed by atoms with E-state index in [1.54, 1.807) is 30.3 Å². The number of hydrogen-bond acceptors (Lipinski definition) is 13. The number of ether oxygens (including phenoxy) is 1. The maximum Gasteiger partial charge on any atom is 0.258 e. The van der Waals surface area contributed by atoms with Gasteiger partial charge in [-0.1, -0.05) is 30.3 Å². The highest BCUT2D eigenvalue weighted by atomic mass is 35.5. The summed E-state index contributed by atoms with van der Waals surface area (Å²) in [5.74, 6) is -0.520. The van der Waals surface area contributed by atoms with Gasteiger partial charge in [-0.2, -0.15) is 0 Å². The van der Waals surface area contributed by atoms with E-state index in [1.807, 2.05) is 11.0 Å². The lowest BCUT2D eigenvalue weighted by Gasteiger charge is -2.42. The minimum Gasteiger partial charge on any atom is -0.491 e. The van der Waals surface area contributed by atoms with Crippen LogP contribution in [0.25, 0.3) is 10.9 Å². The fourth-order valence-corrected chi connectivity index (χ4v) is 10.4. The van der Waals surface area contributed by atoms with E-state index in [0.29, 0.717) is 82.9 Å². The van der Waals surface area contributed by atoms with Gasteiger partial charge in [0.2, 0.25) is 23.6 Å². The molecule has 8 rings (SSSR count). The standard InChI is InChI=1S/C47H53ClFN9O7S/c1-2-40(59)53-36-26-32-35(50-28-51-44(32)52-29-10-11-34(49)33(48)25-29)27-38(36)65-23-6-16-55-17-14-30(15-18-55)56-19-21-57(22-20-56)42(61)9-3-4-24-66-39-8-5-7-31-43(39)47(64)58(46(31)63)37-12-13-41(60)54-45(37)62/h2,5,7-8,10-11,25-28,30,37,46,63H,1,3-4,6,9,12-24H2,(H,53,59)(H,50,51,52)(H,54,60,62). The number of nitrogens with one attached hydrogen (secondary N) is 3. The zero-order valence-electron chi connectivity index (χ0n) is 36.5. The molecule has 3 saturated heterocycles. The number of fused-ring (bicyclic) bond motifs is 2. The van der Waals surface area contributed by atoms with Crippen molar-refractivity contribution in [2.75, 3.05) is 68.8 Å². The number of piperidine rings is 2. The Bertz CT molecular complexity index is 2500. The number of halogens is 2. The van der Waals surface area contributed by atoms with Crippen LogP contribution < -0.4 is 20.7 Å². The number of amides is 5. The molecule has 4 aliphatic heterocycles. The summed E-state index contributed by atoms with van der Waals surface area (Å²) in [6.45, 7) is 9.95. The largest absolute Gasteiger partial charge is 0.491 e. The highest BCUT2D eigenvalue weighted by molar-refractivity contribution is 7.99. The average Bonchev–Trinajstić information content (AvgIpc) is 3.57. The van der Waals surface area contributed by atoms with Crippen molar-refractivity contribution in [2.24, 2.45) is 0 Å². The number of aliphatic hydroxyl groups is 1. The van der Waals surface area contributed by atoms with Crippen molar-refractivity contribution in [1.82, 2.24) is 34.9 Å². The van der Waals surface area contributed by atoms with Crippen molar-refractivity contribution in [2.45, 2.75) is 74.6 Å². The van der Waals surface area contributed by atoms with Crippen LogP contribution in [-0.2, 0) is 19.2 Å². The summed E-state index contributed by atoms with van der Waals surface area (Å²) in [5, 5.41) is 19.8. The number of aromatic nitrogens is 2. The van der Waals surface area contributed by atoms with E-state index in [2.05, 4.69) is 42.3 Å². The van der Waals surface area contributed by atoms with Crippen molar-refractivity contribution in [1.29, 1.82) is 0 Å². The molecule has 0 aliphatic carbocycles. The average molecular weight is 943 g/mol. The molecule has 4 N–H and O–H groups in total. The van der Waals surface area contributed by atoms with Crippen LogP contribution in [-0.4, -0.2) is 134 Å². The molecule has 2 atom stereocenters. The molecular formula is C47H53ClFN9O7S. The summed E-state index contributed by atoms with van der Waals surface area (Å²) in [6, 6.07) is 12.7. The number of piperazine rings is 1. The van der Waals surface area contributed by atoms with Crippen LogP contribution in [0.15, 0.2) is 72.4 Å². The highest BCUT2D eigenvalue weighted by Gasteiger charge is 2.45. The van der Waals surface area contributed by atoms with Crippen molar-refractivity contribution in [3.8, 4) is 5.75 Å². The van der Waals surface area contributed by atoms with E-state index in [0.717, 1.165) is 69.7 Å². The quantitative estimate of drug-likeness (QED) is 0.0426. The third-order valence-corrected chi connectivity index (χ3v) is 14.0. The first-order chi connectivity index (χ1) is 32.0. The van der Waals surface area contributed by atoms with Gasteiger partial charge < -0.3 is 30.3 Å². The lowest BCUT2D eigenvalue weighted by atomic mass is 10.0. The second-order valence-corrected chi connectivity index (χ2v) is 18.3. The normalized spacial score (nSPS) is 19.5. The van der Waals surface area contributed by atoms with Gasteiger partial charge >= 0.3 is 0 Å². The molecule has 3 fully saturated rings. The van der Waals surface area contributed by atoms with Crippen molar-refractivity contribution in [3.63, 3.8) is 0 Å². The summed E-state index contributed by atoms with van der Waals surface area (Å²) in [7, 11) is 0. The Morgan fingerprint density at radius 1 is 1.00 bits per heavy atom. The van der Waals surface area contributed by atoms with Gasteiger partial charge in [0.1, 0.15) is 29.8 Å². The maximum atomic E-state index is 13.8. The molecule has 16 nitrogen and oxygen atoms in total. The molecule has 19 heteroatoms. The second-order valence-electron chi connectivity index (χ2n) is 16.8. The molecule has 0 saturated carbocycles. The van der Waals surface area contributed by atoms with E-state index in [-0.39, 0.29) is 29.7 Å². The van der Waals surface area contributed by atoms with E-state index in [1.165, 1.54) is 41.2 Å². The number of hydrogen-bond donors (Lipinski definition) is 4. The number of carbonyl (C=O) groups is 5. The Morgan fingerprint density at radius 2 is 1.80 bits per heavy atom. The summed E-state index contributed by atoms with van der Waals surface area (Å²) < 4.78 is 20.0. The maximum absolute atomic E-state index is 13.8. The van der Waals surface area contributed by atoms with Gasteiger partial charge in [0.05, 0.1) is 28.4 Å². The lowest BCUT2D eigenvalue weighted by molar-refractivity contribution is -0.139. The Balaban J connectivity index is 0.734. The monoisotopic (exact) mass is 941 g/mol. The van der Waals surface area contributed by atoms with Crippen LogP contribution >= 0.6 is 23.4 Å². The summed E-state index contributed by atoms with van der Waals surface area (Å²) in [5.41, 5.74) is 2.42. The number of likely N-dealkylation sites (tertiary alicyclic amines) is 1. The van der Waals surface area contributed by atoms with E-state index >= 15 is 0 Å². The number of imide groups is 1. The van der Waals surface area contributed by atoms with Crippen LogP contribution in [0, 0.1) is 5.82 Å². The number of thioether (sulfide) groups is 1. The molecular weight excluding hydrogens is 889 g/mol. The van der Waals surface area contributed by atoms with Gasteiger partial charge in [0.15, 0.2) is 6.23 Å². The van der Waals surface area contributed by atoms with Crippen molar-refractivity contribution in [3.05, 3.63) is 89.5 Å². The predicted octanol–water partition coefficient (Wildman–Crippen LogP) is 5.88. The number of rotatable bonds is 17. The molecule has 4 aromatic rings. The number of aliphatic hydroxyl groups excluding tert-OH is 1. The minimum atomic E-state index is -1.25. The third-order valence-electron chi connectivity index (χ3n) is 12.6. The molecule has 5 amide bonds. The van der Waals surface area contributed by atoms with Gasteiger partial charge in [-0.3, -0.25) is 39.1 Å². The molecule has 66 heavy (non-hydrogen) atoms. The first-order valence-electron chi connectivity index (χ1n) is 22.4. The topological polar surface area (TPSA) is 190 Å². The molecule has 348 valence electrons. The molecule has 1 aromatic heterocycles. The van der Waals surface area contributed by atoms with Crippen LogP contribution in [0.4, 0.5) is 21.6 Å². The van der Waals surface area contributed by atoms with E-state index in [4.69, 9.17) is 16.3 Å². The number of benzene rings is 3. The number of anilines is 3. The fraction of sp³-hybridized carbons (Fsp3) is 0.426. The minimum absolute atomic E-state index is 0.0260. The fourth-order valence-electron chi connectivity index (χ4n) is 9.09. The zero-order valence-corrected chi connectivity index (χ0v) is 38.1. The lowest BCUT2D eigenvalue weighted by Crippen LogP contribution is -2.54. The van der Waals surface area contributed by atoms with Gasteiger partial charge in [-0.25, -0.2) is 14.4 Å². The molecule has 0 radical (unpaired) electrons. The number of nitrogens with zero attached hydrogens (tertiary/aromatic N) is 6. The van der Waals surface area contributed by atoms with Crippen LogP contribution in [0.1, 0.15) is 73.5 Å². The Labute approximate surface area is 391 Å². The molecule has 2 unspecified atom stereocenters. The van der Waals surface area contributed by atoms with Crippen molar-refractivity contribution < 1.29 is 38.2 Å². The van der Waals surface area contributed by atoms with Gasteiger partial charge in [0, 0.05) is 79.2 Å². The summed E-state index contributed by atoms with van der Waals surface area (Å²) in [6.07, 6.45) is 6.48. The smallest absolute Gasteiger partial charge is 0.258 e. The van der Waals surface area contributed by atoms with Gasteiger partial charge in [-0.15, -0.1) is 11.8 Å². The number of unbranched alkanes of at least 4 members (excludes halogenated alkanes) is 1. The summed E-state index contributed by atoms with van der Waals surface area (Å²) in [4.78, 5) is 80.8. The first-order valence-corrected chi connectivity index (χ1v) is 23.7. The van der Waals surface area contributed by atoms with Crippen LogP contribution in [0.2, 0.25) is 5.02 Å². The highest BCUT2D eigenvalue weighted by Crippen LogP contribution is 2.40. The Hall–Kier alpha value is -5.66. The van der Waals surface area contributed by atoms with Gasteiger partial charge in [0.25, 0.3) is 5.91 Å². The molecule has 4 aliphatic rings. The predicted molar refractivity (Wildman–Crippen MR) is 249 cm³/mol. The second kappa shape index (κ2) is 21.3. The van der Waals surface area contributed by atoms with E-state index in [9.17, 15) is 33.5 Å². The summed E-state index contributed by atoms with van der Waals surface area (Å²) >= 11 is 7.49. The molecule has 5 heterocycles. The molecule has 0 spiro atoms. The van der Waals surface area contributed by atoms with Gasteiger partial charge in [-0.05, 0) is 93.8 Å². The Kier molecular flexibility index (Phi) is 15.1. The number of carbonyl (C=O) groups excluding carboxylic acids is 5. The molecule has 3 aromatic carbocycles. The van der Waals surface area contributed by atoms with Crippen molar-refractivity contribution >= 4 is 81.0 Å². The van der Waals surface area contributed by atoms with Crippen LogP contribution in [0.3, 0.4) is 0 Å². The third kappa shape index (κ3) is 10.8. The van der Waals surface area contributed by atoms with Crippen LogP contribution in [0.5, 0.6) is 5.75 Å². The Morgan fingerprint density at radius 3 is 2.56 bits per heavy atom. The molecule has 0 bridgehead atoms. The SMILES string of the molecule is C=CC(=O)Nc1cc2c(Nc3ccc(F)c(Cl)c3)ncnc2cc1OCCCN1CCC(N2CCN(C(=O)CCCCSc3cccc4c3C(=O)N(C3CCC(=O)NC3=O)C4O)CC2)CC1. The zero-order chi connectivity index (χ0) is 46.3. The van der Waals surface area contributed by atoms with E-state index < -0.39 is 35.8 Å². The first kappa shape index (κ1) is 46.9.